The largest absolute Gasteiger partial charge is 0.481 e. The first-order valence-corrected chi connectivity index (χ1v) is 36.6. The summed E-state index contributed by atoms with van der Waals surface area (Å²) >= 11 is 6.84. The van der Waals surface area contributed by atoms with Crippen LogP contribution in [0.4, 0.5) is 68.2 Å². The number of aliphatic hydroxyl groups excluding tert-OH is 1. The van der Waals surface area contributed by atoms with Gasteiger partial charge in [0.15, 0.2) is 0 Å². The van der Waals surface area contributed by atoms with Crippen LogP contribution in [0.25, 0.3) is 55.1 Å². The van der Waals surface area contributed by atoms with Gasteiger partial charge in [0, 0.05) is 124 Å². The molecule has 0 unspecified atom stereocenters. The highest BCUT2D eigenvalue weighted by Crippen LogP contribution is 2.47. The molecule has 1 heterocycles. The highest BCUT2D eigenvalue weighted by Gasteiger charge is 2.32. The minimum atomic E-state index is -0.833. The minimum absolute atomic E-state index is 0. The lowest BCUT2D eigenvalue weighted by atomic mass is 9.83. The molecule has 16 aromatic rings. The van der Waals surface area contributed by atoms with Gasteiger partial charge in [-0.1, -0.05) is 214 Å². The Morgan fingerprint density at radius 3 is 0.936 bits per heavy atom. The van der Waals surface area contributed by atoms with Crippen molar-refractivity contribution in [3.8, 4) is 22.5 Å². The highest BCUT2D eigenvalue weighted by atomic mass is 79.9. The second-order valence-corrected chi connectivity index (χ2v) is 26.8. The number of aliphatic carboxylic acids is 1. The molecular weight excluding hydrogens is 1480 g/mol. The Balaban J connectivity index is 0.000000170. The molecule has 0 atom stereocenters. The lowest BCUT2D eigenvalue weighted by molar-refractivity contribution is -0.134. The number of aromatic amines is 1. The molecule has 15 aromatic carbocycles. The maximum Gasteiger partial charge on any atom is 0.300 e. The highest BCUT2D eigenvalue weighted by molar-refractivity contribution is 9.10. The van der Waals surface area contributed by atoms with Gasteiger partial charge in [0.2, 0.25) is 11.6 Å². The lowest BCUT2D eigenvalue weighted by Gasteiger charge is -2.29. The fourth-order valence-electron chi connectivity index (χ4n) is 13.1. The standard InChI is InChI=1S/C45H31BrN4.C38H26N2O2.C7H5BrO.C2H4O2.C2H6O.H3N/c46-32-23-21-31(22-24-32)45-47-43-39-27-25-37(49(33-13-5-1-6-14-33)34-15-7-2-8-16-34)29-41(39)42-30-38(26-28-40(42)44(43)48-45)50(35-17-9-3-10-18-35)36-19-11-4-12-20-36;41-37-33-23-21-31(39(27-13-5-1-6-14-27)28-15-7-2-8-16-28)25-35(33)36-26-32(22-24-34(36)38(37)42)40(29-17-9-3-10-18-29)30-19-11-4-12-20-30;8-7-3-1-6(5-9)2-4-7;1-2(3)4;1-2-3;/h1-30H,(H,47,48);1-26H;1-5H;1H3,(H,3,4);3H,2H2,1H3;1H3. The molecule has 109 heavy (non-hydrogen) atoms. The average Bonchev–Trinajstić information content (AvgIpc) is 1.70. The van der Waals surface area contributed by atoms with Gasteiger partial charge in [0.25, 0.3) is 5.97 Å². The zero-order valence-corrected chi connectivity index (χ0v) is 62.8. The van der Waals surface area contributed by atoms with Crippen molar-refractivity contribution in [2.24, 2.45) is 0 Å². The van der Waals surface area contributed by atoms with E-state index < -0.39 is 17.5 Å². The van der Waals surface area contributed by atoms with Crippen LogP contribution in [-0.4, -0.2) is 50.6 Å². The number of Topliss-reactive ketones (excluding diaryl/α,β-unsaturated/α-hetero) is 2. The van der Waals surface area contributed by atoms with E-state index in [2.05, 4.69) is 287 Å². The number of aliphatic hydroxyl groups is 1. The van der Waals surface area contributed by atoms with E-state index in [-0.39, 0.29) is 12.8 Å². The van der Waals surface area contributed by atoms with Gasteiger partial charge in [-0.15, -0.1) is 0 Å². The van der Waals surface area contributed by atoms with E-state index >= 15 is 0 Å². The molecule has 0 saturated carbocycles. The molecule has 6 N–H and O–H groups in total. The van der Waals surface area contributed by atoms with Gasteiger partial charge in [0.1, 0.15) is 12.1 Å². The molecular formula is C94H75Br2N7O6. The molecule has 0 spiro atoms. The summed E-state index contributed by atoms with van der Waals surface area (Å²) in [5, 5.41) is 19.5. The number of carboxylic acids is 1. The van der Waals surface area contributed by atoms with Crippen molar-refractivity contribution in [3.05, 3.63) is 390 Å². The Hall–Kier alpha value is -13.2. The maximum absolute atomic E-state index is 13.3. The zero-order chi connectivity index (χ0) is 74.9. The molecule has 1 aromatic heterocycles. The predicted molar refractivity (Wildman–Crippen MR) is 454 cm³/mol. The Morgan fingerprint density at radius 2 is 0.633 bits per heavy atom. The minimum Gasteiger partial charge on any atom is -0.481 e. The number of aldehydes is 1. The van der Waals surface area contributed by atoms with E-state index in [0.29, 0.717) is 16.7 Å². The lowest BCUT2D eigenvalue weighted by Crippen LogP contribution is -2.22. The van der Waals surface area contributed by atoms with Crippen molar-refractivity contribution in [1.82, 2.24) is 16.1 Å². The summed E-state index contributed by atoms with van der Waals surface area (Å²) in [6.07, 6.45) is 0.826. The summed E-state index contributed by atoms with van der Waals surface area (Å²) < 4.78 is 2.03. The van der Waals surface area contributed by atoms with E-state index in [1.165, 1.54) is 0 Å². The second-order valence-electron chi connectivity index (χ2n) is 24.9. The maximum atomic E-state index is 13.3. The molecule has 0 bridgehead atoms. The smallest absolute Gasteiger partial charge is 0.300 e. The van der Waals surface area contributed by atoms with Crippen LogP contribution in [0.1, 0.15) is 44.9 Å². The van der Waals surface area contributed by atoms with Crippen LogP contribution in [0.15, 0.2) is 373 Å². The fourth-order valence-corrected chi connectivity index (χ4v) is 13.6. The molecule has 0 amide bonds. The van der Waals surface area contributed by atoms with Crippen LogP contribution in [0.5, 0.6) is 0 Å². The number of carboxylic acid groups (broad SMARTS) is 1. The Labute approximate surface area is 649 Å². The summed E-state index contributed by atoms with van der Waals surface area (Å²) in [7, 11) is 0. The fraction of sp³-hybridized carbons (Fsp3) is 0.0319. The molecule has 13 nitrogen and oxygen atoms in total. The summed E-state index contributed by atoms with van der Waals surface area (Å²) in [6, 6.07) is 123. The average molecular weight is 1560 g/mol. The van der Waals surface area contributed by atoms with E-state index in [9.17, 15) is 14.4 Å². The first-order chi connectivity index (χ1) is 52.9. The SMILES string of the molecule is Brc1ccc(-c2nc3c4ccc(N(c5ccccc5)c5ccccc5)cc4c4cc(N(c5ccccc5)c5ccccc5)ccc4c3[nH]2)cc1.CC(=O)O.CCO.N.O=C1C(=O)c2ccc(N(c3ccccc3)c3ccccc3)cc2-c2cc(N(c3ccccc3)c3ccccc3)ccc21.O=Cc1ccc(Br)cc1. The number of para-hydroxylation sites is 8. The monoisotopic (exact) mass is 1560 g/mol. The summed E-state index contributed by atoms with van der Waals surface area (Å²) in [5.74, 6) is -0.948. The van der Waals surface area contributed by atoms with Gasteiger partial charge < -0.3 is 40.9 Å². The van der Waals surface area contributed by atoms with Crippen LogP contribution in [0.2, 0.25) is 0 Å². The van der Waals surface area contributed by atoms with Crippen LogP contribution >= 0.6 is 31.9 Å². The number of rotatable bonds is 14. The quantitative estimate of drug-likeness (QED) is 0.0459. The molecule has 0 fully saturated rings. The second kappa shape index (κ2) is 35.8. The molecule has 0 aliphatic heterocycles. The predicted octanol–water partition coefficient (Wildman–Crippen LogP) is 25.4. The van der Waals surface area contributed by atoms with Crippen molar-refractivity contribution in [1.29, 1.82) is 0 Å². The number of imidazole rings is 1. The van der Waals surface area contributed by atoms with Crippen molar-refractivity contribution >= 4 is 157 Å². The van der Waals surface area contributed by atoms with Gasteiger partial charge >= 0.3 is 0 Å². The third kappa shape index (κ3) is 17.4. The van der Waals surface area contributed by atoms with Crippen LogP contribution in [-0.2, 0) is 4.79 Å². The third-order valence-corrected chi connectivity index (χ3v) is 18.8. The van der Waals surface area contributed by atoms with E-state index in [0.717, 1.165) is 145 Å². The molecule has 536 valence electrons. The Bertz CT molecular complexity index is 5290. The van der Waals surface area contributed by atoms with Crippen molar-refractivity contribution in [3.63, 3.8) is 0 Å². The van der Waals surface area contributed by atoms with Crippen molar-refractivity contribution in [2.45, 2.75) is 13.8 Å². The first kappa shape index (κ1) is 75.5. The number of nitrogens with one attached hydrogen (secondary N) is 1. The Kier molecular flexibility index (Phi) is 24.8. The van der Waals surface area contributed by atoms with Crippen LogP contribution < -0.4 is 25.8 Å². The number of ketones is 2. The number of nitrogens with zero attached hydrogens (tertiary/aromatic N) is 5. The summed E-state index contributed by atoms with van der Waals surface area (Å²) in [5.41, 5.74) is 18.4. The summed E-state index contributed by atoms with van der Waals surface area (Å²) in [4.78, 5) is 63.6. The molecule has 15 heteroatoms. The summed E-state index contributed by atoms with van der Waals surface area (Å²) in [6.45, 7) is 3.01. The first-order valence-electron chi connectivity index (χ1n) is 35.0. The number of carbonyl (C=O) groups is 4. The van der Waals surface area contributed by atoms with Crippen molar-refractivity contribution in [2.75, 3.05) is 26.2 Å². The number of aromatic nitrogens is 2. The molecule has 0 saturated heterocycles. The van der Waals surface area contributed by atoms with E-state index in [1.807, 2.05) is 109 Å². The van der Waals surface area contributed by atoms with Crippen molar-refractivity contribution < 1.29 is 29.4 Å². The number of halogens is 2. The number of carbonyl (C=O) groups excluding carboxylic acids is 3. The Morgan fingerprint density at radius 1 is 0.367 bits per heavy atom. The zero-order valence-electron chi connectivity index (χ0n) is 59.7. The number of H-pyrrole nitrogens is 1. The normalized spacial score (nSPS) is 10.9. The van der Waals surface area contributed by atoms with Gasteiger partial charge in [-0.25, -0.2) is 4.98 Å². The van der Waals surface area contributed by atoms with E-state index in [1.54, 1.807) is 31.2 Å². The topological polar surface area (TPSA) is 185 Å². The van der Waals surface area contributed by atoms with Gasteiger partial charge in [0.05, 0.1) is 11.0 Å². The number of benzene rings is 15. The number of hydrogen-bond acceptors (Lipinski definition) is 11. The van der Waals surface area contributed by atoms with Gasteiger partial charge in [-0.05, 0) is 211 Å². The van der Waals surface area contributed by atoms with Gasteiger partial charge in [-0.3, -0.25) is 19.2 Å². The van der Waals surface area contributed by atoms with Crippen LogP contribution in [0.3, 0.4) is 0 Å². The third-order valence-electron chi connectivity index (χ3n) is 17.8. The number of fused-ring (bicyclic) bond motifs is 9. The number of hydrogen-bond donors (Lipinski definition) is 4. The molecule has 1 aliphatic rings. The molecule has 17 rings (SSSR count). The molecule has 1 aliphatic carbocycles. The number of anilines is 12. The van der Waals surface area contributed by atoms with E-state index in [4.69, 9.17) is 20.0 Å². The van der Waals surface area contributed by atoms with Crippen LogP contribution in [0, 0.1) is 0 Å². The molecule has 0 radical (unpaired) electrons. The van der Waals surface area contributed by atoms with Gasteiger partial charge in [-0.2, -0.15) is 0 Å².